The number of carbonyl (C=O) groups is 2. The van der Waals surface area contributed by atoms with Crippen molar-refractivity contribution in [3.05, 3.63) is 63.1 Å². The summed E-state index contributed by atoms with van der Waals surface area (Å²) in [5, 5.41) is 13.0. The van der Waals surface area contributed by atoms with Gasteiger partial charge in [-0.05, 0) is 18.9 Å². The highest BCUT2D eigenvalue weighted by Crippen LogP contribution is 2.38. The molecule has 1 aromatic carbocycles. The Hall–Kier alpha value is -3.27. The van der Waals surface area contributed by atoms with Crippen LogP contribution in [-0.4, -0.2) is 45.3 Å². The lowest BCUT2D eigenvalue weighted by molar-refractivity contribution is -0.149. The van der Waals surface area contributed by atoms with E-state index in [1.165, 1.54) is 16.8 Å². The molecular formula is C23H23F2N3O5. The second kappa shape index (κ2) is 8.26. The van der Waals surface area contributed by atoms with Gasteiger partial charge in [0, 0.05) is 36.3 Å². The van der Waals surface area contributed by atoms with Gasteiger partial charge in [-0.15, -0.1) is 0 Å². The fourth-order valence-corrected chi connectivity index (χ4v) is 5.11. The van der Waals surface area contributed by atoms with Crippen molar-refractivity contribution in [1.29, 1.82) is 0 Å². The van der Waals surface area contributed by atoms with Crippen LogP contribution in [0.25, 0.3) is 0 Å². The first-order valence-corrected chi connectivity index (χ1v) is 11.0. The standard InChI is InChI=1S/C23H23F2N3O5/c24-14-6-5-12(16(25)7-14)8-26-22(31)15-9-27-10-18-28(23(32)19(27)21(30)20(15)29)17-4-2-1-3-13(17)11-33-18/h5-7,9,13,17-18,30H,1-4,8,10-11H2,(H,26,31)/t13-,17+,18+/m0/s1. The number of fused-ring (bicyclic) bond motifs is 4. The van der Waals surface area contributed by atoms with E-state index in [1.807, 2.05) is 0 Å². The van der Waals surface area contributed by atoms with Crippen LogP contribution in [0.5, 0.6) is 5.75 Å². The summed E-state index contributed by atoms with van der Waals surface area (Å²) in [6, 6.07) is 2.94. The quantitative estimate of drug-likeness (QED) is 0.733. The van der Waals surface area contributed by atoms with E-state index in [4.69, 9.17) is 4.74 Å². The van der Waals surface area contributed by atoms with E-state index in [0.717, 1.165) is 31.7 Å². The van der Waals surface area contributed by atoms with Crippen LogP contribution >= 0.6 is 0 Å². The molecule has 2 fully saturated rings. The van der Waals surface area contributed by atoms with Crippen molar-refractivity contribution in [2.75, 3.05) is 6.61 Å². The van der Waals surface area contributed by atoms with E-state index in [9.17, 15) is 28.3 Å². The predicted octanol–water partition coefficient (Wildman–Crippen LogP) is 2.13. The molecule has 0 unspecified atom stereocenters. The summed E-state index contributed by atoms with van der Waals surface area (Å²) in [6.45, 7) is 0.427. The van der Waals surface area contributed by atoms with Gasteiger partial charge in [0.15, 0.2) is 17.7 Å². The normalized spacial score (nSPS) is 24.0. The van der Waals surface area contributed by atoms with Gasteiger partial charge in [0.1, 0.15) is 17.2 Å². The average Bonchev–Trinajstić information content (AvgIpc) is 2.80. The Kier molecular flexibility index (Phi) is 5.40. The lowest BCUT2D eigenvalue weighted by Crippen LogP contribution is -2.61. The molecule has 3 atom stereocenters. The second-order valence-corrected chi connectivity index (χ2v) is 8.75. The smallest absolute Gasteiger partial charge is 0.276 e. The molecule has 2 amide bonds. The van der Waals surface area contributed by atoms with Gasteiger partial charge >= 0.3 is 0 Å². The molecule has 3 aliphatic rings. The van der Waals surface area contributed by atoms with Gasteiger partial charge in [-0.3, -0.25) is 14.4 Å². The Morgan fingerprint density at radius 3 is 2.79 bits per heavy atom. The topological polar surface area (TPSA) is 101 Å². The first-order valence-electron chi connectivity index (χ1n) is 11.0. The van der Waals surface area contributed by atoms with Gasteiger partial charge in [0.25, 0.3) is 11.8 Å². The maximum absolute atomic E-state index is 13.8. The van der Waals surface area contributed by atoms with Crippen molar-refractivity contribution < 1.29 is 28.2 Å². The van der Waals surface area contributed by atoms with E-state index >= 15 is 0 Å². The van der Waals surface area contributed by atoms with E-state index in [-0.39, 0.29) is 41.9 Å². The molecule has 33 heavy (non-hydrogen) atoms. The van der Waals surface area contributed by atoms with Crippen LogP contribution in [0.3, 0.4) is 0 Å². The molecule has 2 N–H and O–H groups in total. The minimum absolute atomic E-state index is 0.00170. The number of aromatic hydroxyl groups is 1. The Labute approximate surface area is 187 Å². The summed E-state index contributed by atoms with van der Waals surface area (Å²) >= 11 is 0. The molecule has 0 radical (unpaired) electrons. The number of rotatable bonds is 3. The molecule has 1 aliphatic carbocycles. The van der Waals surface area contributed by atoms with Gasteiger partial charge in [0.05, 0.1) is 13.2 Å². The number of halogens is 2. The largest absolute Gasteiger partial charge is 0.503 e. The van der Waals surface area contributed by atoms with E-state index in [0.29, 0.717) is 12.7 Å². The Bertz CT molecular complexity index is 1200. The number of pyridine rings is 1. The zero-order valence-corrected chi connectivity index (χ0v) is 17.7. The van der Waals surface area contributed by atoms with Crippen LogP contribution < -0.4 is 10.7 Å². The maximum Gasteiger partial charge on any atom is 0.276 e. The molecule has 2 aliphatic heterocycles. The van der Waals surface area contributed by atoms with Gasteiger partial charge in [-0.1, -0.05) is 18.9 Å². The van der Waals surface area contributed by atoms with Crippen molar-refractivity contribution in [2.24, 2.45) is 5.92 Å². The van der Waals surface area contributed by atoms with Crippen molar-refractivity contribution in [3.8, 4) is 5.75 Å². The number of hydrogen-bond acceptors (Lipinski definition) is 5. The summed E-state index contributed by atoms with van der Waals surface area (Å²) in [5.41, 5.74) is -1.49. The number of nitrogens with one attached hydrogen (secondary N) is 1. The number of hydrogen-bond donors (Lipinski definition) is 2. The molecule has 174 valence electrons. The predicted molar refractivity (Wildman–Crippen MR) is 112 cm³/mol. The first kappa shape index (κ1) is 21.6. The molecule has 1 aromatic heterocycles. The van der Waals surface area contributed by atoms with Crippen LogP contribution in [0.2, 0.25) is 0 Å². The number of ether oxygens (including phenoxy) is 1. The third-order valence-corrected chi connectivity index (χ3v) is 6.78. The highest BCUT2D eigenvalue weighted by molar-refractivity contribution is 5.99. The SMILES string of the molecule is O=C(NCc1ccc(F)cc1F)c1cn2c(c(O)c1=O)C(=O)N1[C@@H]3CCCC[C@H]3CO[C@@H]1C2. The average molecular weight is 459 g/mol. The number of amides is 2. The van der Waals surface area contributed by atoms with Gasteiger partial charge < -0.3 is 24.6 Å². The fourth-order valence-electron chi connectivity index (χ4n) is 5.11. The molecule has 10 heteroatoms. The van der Waals surface area contributed by atoms with Gasteiger partial charge in [0.2, 0.25) is 5.43 Å². The van der Waals surface area contributed by atoms with Crippen molar-refractivity contribution in [2.45, 2.75) is 51.0 Å². The lowest BCUT2D eigenvalue weighted by Gasteiger charge is -2.50. The summed E-state index contributed by atoms with van der Waals surface area (Å²) < 4.78 is 34.2. The Balaban J connectivity index is 1.42. The molecule has 1 saturated carbocycles. The summed E-state index contributed by atoms with van der Waals surface area (Å²) in [6.07, 6.45) is 4.58. The van der Waals surface area contributed by atoms with Crippen LogP contribution in [0, 0.1) is 17.6 Å². The molecule has 3 heterocycles. The van der Waals surface area contributed by atoms with Crippen molar-refractivity contribution >= 4 is 11.8 Å². The van der Waals surface area contributed by atoms with E-state index in [1.54, 1.807) is 4.90 Å². The fraction of sp³-hybridized carbons (Fsp3) is 0.435. The summed E-state index contributed by atoms with van der Waals surface area (Å²) in [4.78, 5) is 40.3. The molecule has 2 aromatic rings. The van der Waals surface area contributed by atoms with Crippen LogP contribution in [-0.2, 0) is 17.8 Å². The molecule has 5 rings (SSSR count). The maximum atomic E-state index is 13.8. The molecule has 8 nitrogen and oxygen atoms in total. The number of benzene rings is 1. The zero-order valence-electron chi connectivity index (χ0n) is 17.7. The monoisotopic (exact) mass is 459 g/mol. The molecule has 1 saturated heterocycles. The zero-order chi connectivity index (χ0) is 23.3. The third kappa shape index (κ3) is 3.68. The number of nitrogens with zero attached hydrogens (tertiary/aromatic N) is 2. The lowest BCUT2D eigenvalue weighted by atomic mass is 9.82. The van der Waals surface area contributed by atoms with Crippen molar-refractivity contribution in [3.63, 3.8) is 0 Å². The van der Waals surface area contributed by atoms with E-state index in [2.05, 4.69) is 5.32 Å². The summed E-state index contributed by atoms with van der Waals surface area (Å²) in [5.74, 6) is -3.47. The minimum atomic E-state index is -0.983. The summed E-state index contributed by atoms with van der Waals surface area (Å²) in [7, 11) is 0. The number of carbonyl (C=O) groups excluding carboxylic acids is 2. The van der Waals surface area contributed by atoms with Crippen LogP contribution in [0.4, 0.5) is 8.78 Å². The molecule has 0 spiro atoms. The second-order valence-electron chi connectivity index (χ2n) is 8.75. The van der Waals surface area contributed by atoms with Gasteiger partial charge in [-0.2, -0.15) is 0 Å². The van der Waals surface area contributed by atoms with Crippen LogP contribution in [0.15, 0.2) is 29.2 Å². The first-order chi connectivity index (χ1) is 15.8. The third-order valence-electron chi connectivity index (χ3n) is 6.78. The Morgan fingerprint density at radius 1 is 1.21 bits per heavy atom. The molecule has 0 bridgehead atoms. The van der Waals surface area contributed by atoms with E-state index < -0.39 is 40.9 Å². The minimum Gasteiger partial charge on any atom is -0.503 e. The number of aromatic nitrogens is 1. The van der Waals surface area contributed by atoms with Crippen molar-refractivity contribution in [1.82, 2.24) is 14.8 Å². The highest BCUT2D eigenvalue weighted by atomic mass is 19.1. The molecular weight excluding hydrogens is 436 g/mol. The highest BCUT2D eigenvalue weighted by Gasteiger charge is 2.46. The Morgan fingerprint density at radius 2 is 2.00 bits per heavy atom. The van der Waals surface area contributed by atoms with Gasteiger partial charge in [-0.25, -0.2) is 8.78 Å². The van der Waals surface area contributed by atoms with Crippen LogP contribution in [0.1, 0.15) is 52.1 Å².